The van der Waals surface area contributed by atoms with Gasteiger partial charge in [0.25, 0.3) is 0 Å². The molecule has 7 rings (SSSR count). The van der Waals surface area contributed by atoms with Gasteiger partial charge in [-0.05, 0) is 56.0 Å². The zero-order valence-electron chi connectivity index (χ0n) is 20.2. The van der Waals surface area contributed by atoms with E-state index in [-0.39, 0.29) is 5.97 Å². The van der Waals surface area contributed by atoms with E-state index in [1.807, 2.05) is 12.1 Å². The predicted molar refractivity (Wildman–Crippen MR) is 146 cm³/mol. The second kappa shape index (κ2) is 8.13. The lowest BCUT2D eigenvalue weighted by molar-refractivity contribution is 0.0600. The van der Waals surface area contributed by atoms with E-state index in [1.165, 1.54) is 40.4 Å². The van der Waals surface area contributed by atoms with Crippen molar-refractivity contribution < 1.29 is 9.53 Å². The first-order valence-electron chi connectivity index (χ1n) is 12.6. The first-order chi connectivity index (χ1) is 17.7. The zero-order chi connectivity index (χ0) is 24.2. The van der Waals surface area contributed by atoms with Crippen molar-refractivity contribution >= 4 is 39.9 Å². The average Bonchev–Trinajstić information content (AvgIpc) is 3.45. The molecule has 0 saturated heterocycles. The third-order valence-electron chi connectivity index (χ3n) is 7.54. The molecule has 4 heteroatoms. The van der Waals surface area contributed by atoms with Crippen molar-refractivity contribution in [3.05, 3.63) is 107 Å². The van der Waals surface area contributed by atoms with Crippen LogP contribution < -0.4 is 0 Å². The first kappa shape index (κ1) is 21.0. The Morgan fingerprint density at radius 2 is 1.22 bits per heavy atom. The molecule has 3 aromatic carbocycles. The molecule has 176 valence electrons. The third kappa shape index (κ3) is 3.04. The molecular formula is C32H26N2O2. The zero-order valence-corrected chi connectivity index (χ0v) is 20.2. The van der Waals surface area contributed by atoms with Gasteiger partial charge in [0.15, 0.2) is 0 Å². The van der Waals surface area contributed by atoms with Crippen LogP contribution >= 0.6 is 0 Å². The highest BCUT2D eigenvalue weighted by Crippen LogP contribution is 2.37. The van der Waals surface area contributed by atoms with Gasteiger partial charge in [-0.3, -0.25) is 0 Å². The standard InChI is InChI=1S/C32H26N2O2/c1-36-32(35)21-18-22(33-28-14-6-2-10-24(28)25-11-3-7-15-29(25)33)20-23(19-21)34-30-16-8-4-12-26(30)27-13-5-9-17-31(27)34/h2-6,8,10-14,16,18-20H,7,9,15,17H2,1H3. The van der Waals surface area contributed by atoms with Gasteiger partial charge < -0.3 is 13.9 Å². The van der Waals surface area contributed by atoms with E-state index in [0.29, 0.717) is 5.56 Å². The van der Waals surface area contributed by atoms with Crippen molar-refractivity contribution in [1.82, 2.24) is 9.13 Å². The van der Waals surface area contributed by atoms with Crippen LogP contribution in [0.4, 0.5) is 0 Å². The monoisotopic (exact) mass is 470 g/mol. The van der Waals surface area contributed by atoms with Crippen molar-refractivity contribution in [3.8, 4) is 11.4 Å². The molecular weight excluding hydrogens is 444 g/mol. The van der Waals surface area contributed by atoms with Crippen LogP contribution in [0.15, 0.2) is 78.9 Å². The summed E-state index contributed by atoms with van der Waals surface area (Å²) < 4.78 is 9.87. The van der Waals surface area contributed by atoms with Crippen LogP contribution in [-0.2, 0) is 17.6 Å². The minimum Gasteiger partial charge on any atom is -0.465 e. The number of aromatic nitrogens is 2. The van der Waals surface area contributed by atoms with Crippen LogP contribution in [0, 0.1) is 0 Å². The Kier molecular flexibility index (Phi) is 4.74. The molecule has 0 radical (unpaired) electrons. The van der Waals surface area contributed by atoms with Crippen LogP contribution in [0.3, 0.4) is 0 Å². The van der Waals surface area contributed by atoms with Gasteiger partial charge in [-0.15, -0.1) is 0 Å². The molecule has 2 aromatic heterocycles. The van der Waals surface area contributed by atoms with Gasteiger partial charge in [0.2, 0.25) is 0 Å². The second-order valence-corrected chi connectivity index (χ2v) is 9.54. The highest BCUT2D eigenvalue weighted by Gasteiger charge is 2.23. The number of para-hydroxylation sites is 2. The van der Waals surface area contributed by atoms with Crippen molar-refractivity contribution in [2.45, 2.75) is 25.7 Å². The van der Waals surface area contributed by atoms with Crippen molar-refractivity contribution in [2.24, 2.45) is 0 Å². The summed E-state index contributed by atoms with van der Waals surface area (Å²) in [4.78, 5) is 12.9. The summed E-state index contributed by atoms with van der Waals surface area (Å²) in [5.74, 6) is -0.325. The number of nitrogens with zero attached hydrogens (tertiary/aromatic N) is 2. The van der Waals surface area contributed by atoms with E-state index in [2.05, 4.69) is 88.0 Å². The lowest BCUT2D eigenvalue weighted by Gasteiger charge is -2.18. The minimum absolute atomic E-state index is 0.325. The fourth-order valence-electron chi connectivity index (χ4n) is 6.02. The Morgan fingerprint density at radius 1 is 0.722 bits per heavy atom. The summed E-state index contributed by atoms with van der Waals surface area (Å²) in [5.41, 5.74) is 9.96. The molecule has 4 nitrogen and oxygen atoms in total. The fourth-order valence-corrected chi connectivity index (χ4v) is 6.02. The number of rotatable bonds is 3. The van der Waals surface area contributed by atoms with Gasteiger partial charge >= 0.3 is 5.97 Å². The molecule has 36 heavy (non-hydrogen) atoms. The molecule has 0 fully saturated rings. The molecule has 0 unspecified atom stereocenters. The van der Waals surface area contributed by atoms with E-state index in [9.17, 15) is 4.79 Å². The van der Waals surface area contributed by atoms with E-state index in [0.717, 1.165) is 48.1 Å². The Balaban J connectivity index is 1.56. The van der Waals surface area contributed by atoms with Gasteiger partial charge in [-0.2, -0.15) is 0 Å². The minimum atomic E-state index is -0.325. The van der Waals surface area contributed by atoms with E-state index in [1.54, 1.807) is 0 Å². The van der Waals surface area contributed by atoms with Crippen molar-refractivity contribution in [3.63, 3.8) is 0 Å². The lowest BCUT2D eigenvalue weighted by Crippen LogP contribution is -2.10. The van der Waals surface area contributed by atoms with Gasteiger partial charge in [-0.1, -0.05) is 60.7 Å². The maximum atomic E-state index is 12.9. The Hall–Kier alpha value is -4.31. The molecule has 0 bridgehead atoms. The Bertz CT molecular complexity index is 1630. The highest BCUT2D eigenvalue weighted by molar-refractivity contribution is 5.96. The number of carbonyl (C=O) groups excluding carboxylic acids is 1. The molecule has 0 N–H and O–H groups in total. The van der Waals surface area contributed by atoms with E-state index >= 15 is 0 Å². The fraction of sp³-hybridized carbons (Fsp3) is 0.156. The number of carbonyl (C=O) groups is 1. The number of hydrogen-bond acceptors (Lipinski definition) is 2. The van der Waals surface area contributed by atoms with Crippen molar-refractivity contribution in [1.29, 1.82) is 0 Å². The topological polar surface area (TPSA) is 36.2 Å². The number of esters is 1. The molecule has 0 atom stereocenters. The van der Waals surface area contributed by atoms with Gasteiger partial charge in [0.05, 0.1) is 23.7 Å². The average molecular weight is 471 g/mol. The third-order valence-corrected chi connectivity index (χ3v) is 7.54. The number of hydrogen-bond donors (Lipinski definition) is 0. The quantitative estimate of drug-likeness (QED) is 0.260. The molecule has 0 spiro atoms. The largest absolute Gasteiger partial charge is 0.465 e. The smallest absolute Gasteiger partial charge is 0.337 e. The predicted octanol–water partition coefficient (Wildman–Crippen LogP) is 7.28. The molecule has 2 heterocycles. The molecule has 0 amide bonds. The maximum Gasteiger partial charge on any atom is 0.337 e. The van der Waals surface area contributed by atoms with Crippen LogP contribution in [0.5, 0.6) is 0 Å². The van der Waals surface area contributed by atoms with Gasteiger partial charge in [0, 0.05) is 44.7 Å². The lowest BCUT2D eigenvalue weighted by atomic mass is 10.0. The summed E-state index contributed by atoms with van der Waals surface area (Å²) in [6, 6.07) is 23.2. The van der Waals surface area contributed by atoms with Crippen LogP contribution in [0.2, 0.25) is 0 Å². The number of ether oxygens (including phenoxy) is 1. The first-order valence-corrected chi connectivity index (χ1v) is 12.6. The van der Waals surface area contributed by atoms with Gasteiger partial charge in [-0.25, -0.2) is 4.79 Å². The molecule has 0 aliphatic heterocycles. The van der Waals surface area contributed by atoms with Crippen LogP contribution in [-0.4, -0.2) is 22.2 Å². The summed E-state index contributed by atoms with van der Waals surface area (Å²) in [7, 11) is 1.45. The number of benzene rings is 3. The van der Waals surface area contributed by atoms with E-state index in [4.69, 9.17) is 4.74 Å². The van der Waals surface area contributed by atoms with Gasteiger partial charge in [0.1, 0.15) is 0 Å². The summed E-state index contributed by atoms with van der Waals surface area (Å²) in [6.07, 6.45) is 12.9. The SMILES string of the molecule is COC(=O)c1cc(-n2c3c(c4ccccc42)C=CCC3)cc(-n2c3c(c4ccccc42)C=CCC3)c1. The Morgan fingerprint density at radius 3 is 1.72 bits per heavy atom. The molecule has 2 aliphatic carbocycles. The number of fused-ring (bicyclic) bond motifs is 6. The van der Waals surface area contributed by atoms with Crippen molar-refractivity contribution in [2.75, 3.05) is 7.11 Å². The second-order valence-electron chi connectivity index (χ2n) is 9.54. The maximum absolute atomic E-state index is 12.9. The summed E-state index contributed by atoms with van der Waals surface area (Å²) in [6.45, 7) is 0. The number of allylic oxidation sites excluding steroid dienone is 2. The summed E-state index contributed by atoms with van der Waals surface area (Å²) >= 11 is 0. The summed E-state index contributed by atoms with van der Waals surface area (Å²) in [5, 5.41) is 2.48. The Labute approximate surface area is 209 Å². The van der Waals surface area contributed by atoms with E-state index < -0.39 is 0 Å². The molecule has 0 saturated carbocycles. The van der Waals surface area contributed by atoms with Crippen LogP contribution in [0.25, 0.3) is 45.3 Å². The number of methoxy groups -OCH3 is 1. The molecule has 2 aliphatic rings. The molecule has 5 aromatic rings. The van der Waals surface area contributed by atoms with Crippen LogP contribution in [0.1, 0.15) is 45.7 Å². The normalized spacial score (nSPS) is 14.2. The highest BCUT2D eigenvalue weighted by atomic mass is 16.5.